The summed E-state index contributed by atoms with van der Waals surface area (Å²) in [5.74, 6) is 1.23. The van der Waals surface area contributed by atoms with Crippen molar-refractivity contribution in [1.82, 2.24) is 19.4 Å². The Balaban J connectivity index is 1.49. The maximum Gasteiger partial charge on any atom is 0.333 e. The molecule has 3 aliphatic rings. The number of imidazole rings is 1. The third-order valence-corrected chi connectivity index (χ3v) is 7.36. The van der Waals surface area contributed by atoms with Gasteiger partial charge < -0.3 is 24.8 Å². The molecule has 4 amide bonds. The van der Waals surface area contributed by atoms with E-state index in [9.17, 15) is 14.4 Å². The molecule has 5 rings (SSSR count). The number of hydrogen-bond donors (Lipinski definition) is 1. The molecule has 4 heterocycles. The van der Waals surface area contributed by atoms with Gasteiger partial charge in [-0.05, 0) is 45.0 Å². The van der Waals surface area contributed by atoms with E-state index in [-0.39, 0.29) is 29.8 Å². The second-order valence-electron chi connectivity index (χ2n) is 10.5. The van der Waals surface area contributed by atoms with Gasteiger partial charge in [0.05, 0.1) is 12.1 Å². The summed E-state index contributed by atoms with van der Waals surface area (Å²) in [6, 6.07) is 4.57. The van der Waals surface area contributed by atoms with Gasteiger partial charge in [-0.25, -0.2) is 9.78 Å². The number of fused-ring (bicyclic) bond motifs is 3. The second kappa shape index (κ2) is 9.70. The van der Waals surface area contributed by atoms with Crippen LogP contribution in [0.2, 0.25) is 0 Å². The van der Waals surface area contributed by atoms with E-state index in [0.717, 1.165) is 30.6 Å². The fourth-order valence-electron chi connectivity index (χ4n) is 5.47. The van der Waals surface area contributed by atoms with E-state index < -0.39 is 6.04 Å². The van der Waals surface area contributed by atoms with Crippen molar-refractivity contribution in [1.29, 1.82) is 0 Å². The van der Waals surface area contributed by atoms with E-state index in [1.807, 2.05) is 66.7 Å². The summed E-state index contributed by atoms with van der Waals surface area (Å²) in [5.41, 5.74) is 7.31. The molecule has 37 heavy (non-hydrogen) atoms. The van der Waals surface area contributed by atoms with Crippen LogP contribution in [0.25, 0.3) is 11.4 Å². The van der Waals surface area contributed by atoms with Gasteiger partial charge >= 0.3 is 6.03 Å². The molecule has 0 bridgehead atoms. The van der Waals surface area contributed by atoms with E-state index >= 15 is 0 Å². The van der Waals surface area contributed by atoms with Gasteiger partial charge in [-0.3, -0.25) is 19.4 Å². The minimum atomic E-state index is -0.604. The van der Waals surface area contributed by atoms with Crippen molar-refractivity contribution in [3.05, 3.63) is 24.4 Å². The highest BCUT2D eigenvalue weighted by Gasteiger charge is 2.48. The molecule has 2 fully saturated rings. The van der Waals surface area contributed by atoms with Gasteiger partial charge in [-0.2, -0.15) is 0 Å². The zero-order valence-corrected chi connectivity index (χ0v) is 21.9. The predicted molar refractivity (Wildman–Crippen MR) is 139 cm³/mol. The molecule has 0 saturated carbocycles. The lowest BCUT2D eigenvalue weighted by Crippen LogP contribution is -2.40. The number of carbonyl (C=O) groups is 3. The molecule has 1 aromatic carbocycles. The normalized spacial score (nSPS) is 21.5. The molecular weight excluding hydrogens is 474 g/mol. The molecule has 0 radical (unpaired) electrons. The molecule has 1 unspecified atom stereocenters. The zero-order valence-electron chi connectivity index (χ0n) is 21.9. The smallest absolute Gasteiger partial charge is 0.333 e. The standard InChI is InChI=1S/C26H35N7O4/c1-16(2)22-25(35)32(11-10-29(3)4)26(36)33(22)21-15-30-12-13-37-20-14-17(7-8-18(20)24(30)28-21)31-9-5-6-19(31)23(27)34/h7-8,14-16,19,22H,5-6,9-13H2,1-4H3,(H2,27,34)/t19-,22?/m0/s1. The first kappa shape index (κ1) is 25.1. The number of anilines is 2. The Morgan fingerprint density at radius 3 is 2.73 bits per heavy atom. The number of carbonyl (C=O) groups excluding carboxylic acids is 3. The van der Waals surface area contributed by atoms with Crippen LogP contribution in [0, 0.1) is 5.92 Å². The molecule has 11 nitrogen and oxygen atoms in total. The molecule has 11 heteroatoms. The number of likely N-dealkylation sites (N-methyl/N-ethyl adjacent to an activating group) is 1. The summed E-state index contributed by atoms with van der Waals surface area (Å²) < 4.78 is 8.04. The average Bonchev–Trinajstić information content (AvgIpc) is 3.52. The quantitative estimate of drug-likeness (QED) is 0.565. The van der Waals surface area contributed by atoms with Crippen molar-refractivity contribution in [3.8, 4) is 17.1 Å². The fraction of sp³-hybridized carbons (Fsp3) is 0.538. The minimum absolute atomic E-state index is 0.0702. The SMILES string of the molecule is CC(C)C1C(=O)N(CCN(C)C)C(=O)N1c1cn2c(n1)-c1ccc(N3CCC[C@H]3C(N)=O)cc1OCC2. The van der Waals surface area contributed by atoms with Gasteiger partial charge in [-0.15, -0.1) is 0 Å². The minimum Gasteiger partial charge on any atom is -0.491 e. The van der Waals surface area contributed by atoms with Crippen molar-refractivity contribution >= 4 is 29.4 Å². The Kier molecular flexibility index (Phi) is 6.57. The Morgan fingerprint density at radius 1 is 1.24 bits per heavy atom. The fourth-order valence-corrected chi connectivity index (χ4v) is 5.47. The van der Waals surface area contributed by atoms with Crippen molar-refractivity contribution in [2.24, 2.45) is 11.7 Å². The molecule has 2 saturated heterocycles. The Labute approximate surface area is 216 Å². The molecule has 2 aromatic rings. The number of nitrogens with two attached hydrogens (primary N) is 1. The molecule has 2 N–H and O–H groups in total. The zero-order chi connectivity index (χ0) is 26.4. The highest BCUT2D eigenvalue weighted by molar-refractivity contribution is 6.14. The van der Waals surface area contributed by atoms with Gasteiger partial charge in [0.25, 0.3) is 5.91 Å². The number of ether oxygens (including phenoxy) is 1. The Morgan fingerprint density at radius 2 is 2.03 bits per heavy atom. The first-order valence-electron chi connectivity index (χ1n) is 12.9. The van der Waals surface area contributed by atoms with E-state index in [1.54, 1.807) is 4.90 Å². The number of aromatic nitrogens is 2. The van der Waals surface area contributed by atoms with E-state index in [2.05, 4.69) is 0 Å². The number of nitrogens with zero attached hydrogens (tertiary/aromatic N) is 6. The maximum absolute atomic E-state index is 13.4. The third-order valence-electron chi connectivity index (χ3n) is 7.36. The van der Waals surface area contributed by atoms with E-state index in [1.165, 1.54) is 4.90 Å². The highest BCUT2D eigenvalue weighted by atomic mass is 16.5. The monoisotopic (exact) mass is 509 g/mol. The van der Waals surface area contributed by atoms with Crippen LogP contribution in [0.4, 0.5) is 16.3 Å². The van der Waals surface area contributed by atoms with Crippen LogP contribution in [-0.2, 0) is 16.1 Å². The lowest BCUT2D eigenvalue weighted by molar-refractivity contribution is -0.128. The second-order valence-corrected chi connectivity index (χ2v) is 10.5. The van der Waals surface area contributed by atoms with Gasteiger partial charge in [0.15, 0.2) is 5.82 Å². The Bertz CT molecular complexity index is 1220. The number of benzene rings is 1. The number of hydrogen-bond acceptors (Lipinski definition) is 7. The first-order chi connectivity index (χ1) is 17.7. The summed E-state index contributed by atoms with van der Waals surface area (Å²) in [7, 11) is 3.83. The number of amides is 4. The van der Waals surface area contributed by atoms with Gasteiger partial charge in [-0.1, -0.05) is 13.8 Å². The van der Waals surface area contributed by atoms with Crippen molar-refractivity contribution in [2.75, 3.05) is 50.1 Å². The number of imide groups is 1. The van der Waals surface area contributed by atoms with Crippen LogP contribution in [-0.4, -0.2) is 89.6 Å². The molecule has 0 aliphatic carbocycles. The molecule has 0 spiro atoms. The first-order valence-corrected chi connectivity index (χ1v) is 12.9. The molecular formula is C26H35N7O4. The van der Waals surface area contributed by atoms with Crippen LogP contribution in [0.5, 0.6) is 5.75 Å². The summed E-state index contributed by atoms with van der Waals surface area (Å²) >= 11 is 0. The lowest BCUT2D eigenvalue weighted by Gasteiger charge is -2.25. The molecule has 2 atom stereocenters. The van der Waals surface area contributed by atoms with Gasteiger partial charge in [0, 0.05) is 37.6 Å². The van der Waals surface area contributed by atoms with E-state index in [4.69, 9.17) is 15.5 Å². The van der Waals surface area contributed by atoms with Crippen molar-refractivity contribution < 1.29 is 19.1 Å². The van der Waals surface area contributed by atoms with Crippen molar-refractivity contribution in [2.45, 2.75) is 45.3 Å². The molecule has 3 aliphatic heterocycles. The summed E-state index contributed by atoms with van der Waals surface area (Å²) in [6.07, 6.45) is 3.48. The summed E-state index contributed by atoms with van der Waals surface area (Å²) in [4.78, 5) is 50.3. The topological polar surface area (TPSA) is 117 Å². The van der Waals surface area contributed by atoms with Gasteiger partial charge in [0.1, 0.15) is 30.3 Å². The van der Waals surface area contributed by atoms with Crippen molar-refractivity contribution in [3.63, 3.8) is 0 Å². The third kappa shape index (κ3) is 4.41. The van der Waals surface area contributed by atoms with E-state index in [0.29, 0.717) is 43.6 Å². The number of primary amides is 1. The van der Waals surface area contributed by atoms with Crippen LogP contribution in [0.1, 0.15) is 26.7 Å². The predicted octanol–water partition coefficient (Wildman–Crippen LogP) is 1.75. The average molecular weight is 510 g/mol. The van der Waals surface area contributed by atoms with Crippen LogP contribution >= 0.6 is 0 Å². The Hall–Kier alpha value is -3.60. The highest BCUT2D eigenvalue weighted by Crippen LogP contribution is 2.39. The number of urea groups is 1. The number of rotatable bonds is 7. The van der Waals surface area contributed by atoms with Crippen LogP contribution in [0.3, 0.4) is 0 Å². The van der Waals surface area contributed by atoms with Crippen LogP contribution in [0.15, 0.2) is 24.4 Å². The largest absolute Gasteiger partial charge is 0.491 e. The van der Waals surface area contributed by atoms with Gasteiger partial charge in [0.2, 0.25) is 5.91 Å². The molecule has 198 valence electrons. The maximum atomic E-state index is 13.4. The molecule has 1 aromatic heterocycles. The lowest BCUT2D eigenvalue weighted by atomic mass is 10.0. The summed E-state index contributed by atoms with van der Waals surface area (Å²) in [6.45, 7) is 6.55. The van der Waals surface area contributed by atoms with Crippen LogP contribution < -0.4 is 20.3 Å². The summed E-state index contributed by atoms with van der Waals surface area (Å²) in [5, 5.41) is 0.